The predicted octanol–water partition coefficient (Wildman–Crippen LogP) is 4.08. The summed E-state index contributed by atoms with van der Waals surface area (Å²) in [5, 5.41) is 4.68. The van der Waals surface area contributed by atoms with Crippen molar-refractivity contribution in [3.8, 4) is 0 Å². The number of rotatable bonds is 6. The van der Waals surface area contributed by atoms with Crippen LogP contribution in [0.15, 0.2) is 30.3 Å². The van der Waals surface area contributed by atoms with Crippen LogP contribution in [0.4, 0.5) is 0 Å². The number of aryl methyl sites for hydroxylation is 1. The minimum atomic E-state index is -0.0498. The molecule has 2 atom stereocenters. The molecule has 1 amide bonds. The fourth-order valence-corrected chi connectivity index (χ4v) is 4.02. The maximum Gasteiger partial charge on any atom is 0.223 e. The van der Waals surface area contributed by atoms with Gasteiger partial charge in [-0.3, -0.25) is 9.48 Å². The molecule has 0 radical (unpaired) electrons. The lowest BCUT2D eigenvalue weighted by Crippen LogP contribution is -2.46. The normalized spacial score (nSPS) is 20.0. The zero-order valence-corrected chi connectivity index (χ0v) is 17.8. The van der Waals surface area contributed by atoms with Gasteiger partial charge in [0.15, 0.2) is 0 Å². The van der Waals surface area contributed by atoms with Crippen LogP contribution >= 0.6 is 0 Å². The number of carbonyl (C=O) groups is 1. The number of aromatic nitrogens is 2. The summed E-state index contributed by atoms with van der Waals surface area (Å²) in [5.74, 6) is 0.753. The van der Waals surface area contributed by atoms with Gasteiger partial charge >= 0.3 is 0 Å². The third kappa shape index (κ3) is 4.82. The highest BCUT2D eigenvalue weighted by atomic mass is 16.5. The molecule has 5 nitrogen and oxygen atoms in total. The lowest BCUT2D eigenvalue weighted by atomic mass is 10.0. The number of hydrogen-bond acceptors (Lipinski definition) is 3. The number of benzene rings is 1. The van der Waals surface area contributed by atoms with Gasteiger partial charge in [0.05, 0.1) is 18.3 Å². The molecule has 1 aliphatic heterocycles. The van der Waals surface area contributed by atoms with Crippen LogP contribution < -0.4 is 0 Å². The summed E-state index contributed by atoms with van der Waals surface area (Å²) in [6, 6.07) is 10.2. The third-order valence-corrected chi connectivity index (χ3v) is 5.44. The third-order valence-electron chi connectivity index (χ3n) is 5.44. The Hall–Kier alpha value is -2.14. The van der Waals surface area contributed by atoms with Gasteiger partial charge in [-0.25, -0.2) is 0 Å². The van der Waals surface area contributed by atoms with Crippen molar-refractivity contribution >= 4 is 5.91 Å². The van der Waals surface area contributed by atoms with Crippen molar-refractivity contribution in [3.63, 3.8) is 0 Å². The number of amides is 1. The Kier molecular flexibility index (Phi) is 6.55. The van der Waals surface area contributed by atoms with E-state index in [4.69, 9.17) is 4.74 Å². The standard InChI is InChI=1S/C23H33N3O2/c1-16(2)13-26-19(5)21(18(4)24-26)11-12-23(27)25-14-17(3)28-22(15-25)20-9-7-6-8-10-20/h6-10,16-17,22H,11-15H2,1-5H3. The smallest absolute Gasteiger partial charge is 0.223 e. The molecule has 2 aromatic rings. The molecular formula is C23H33N3O2. The van der Waals surface area contributed by atoms with Gasteiger partial charge in [0.1, 0.15) is 6.10 Å². The first-order valence-electron chi connectivity index (χ1n) is 10.4. The lowest BCUT2D eigenvalue weighted by Gasteiger charge is -2.37. The Morgan fingerprint density at radius 1 is 1.21 bits per heavy atom. The molecular weight excluding hydrogens is 350 g/mol. The molecule has 0 saturated carbocycles. The molecule has 5 heteroatoms. The molecule has 0 bridgehead atoms. The van der Waals surface area contributed by atoms with E-state index in [-0.39, 0.29) is 18.1 Å². The summed E-state index contributed by atoms with van der Waals surface area (Å²) in [7, 11) is 0. The minimum Gasteiger partial charge on any atom is -0.367 e. The molecule has 3 rings (SSSR count). The molecule has 1 aromatic heterocycles. The van der Waals surface area contributed by atoms with Crippen LogP contribution in [0.2, 0.25) is 0 Å². The van der Waals surface area contributed by atoms with E-state index in [0.717, 1.165) is 24.2 Å². The highest BCUT2D eigenvalue weighted by molar-refractivity contribution is 5.76. The zero-order chi connectivity index (χ0) is 20.3. The summed E-state index contributed by atoms with van der Waals surface area (Å²) in [4.78, 5) is 14.9. The highest BCUT2D eigenvalue weighted by Gasteiger charge is 2.29. The number of morpholine rings is 1. The number of hydrogen-bond donors (Lipinski definition) is 0. The second kappa shape index (κ2) is 8.91. The maximum atomic E-state index is 12.9. The van der Waals surface area contributed by atoms with Gasteiger partial charge in [0, 0.05) is 25.2 Å². The largest absolute Gasteiger partial charge is 0.367 e. The van der Waals surface area contributed by atoms with Crippen LogP contribution in [0.25, 0.3) is 0 Å². The lowest BCUT2D eigenvalue weighted by molar-refractivity contribution is -0.144. The number of ether oxygens (including phenoxy) is 1. The highest BCUT2D eigenvalue weighted by Crippen LogP contribution is 2.26. The van der Waals surface area contributed by atoms with Crippen LogP contribution in [0.3, 0.4) is 0 Å². The topological polar surface area (TPSA) is 47.4 Å². The summed E-state index contributed by atoms with van der Waals surface area (Å²) >= 11 is 0. The fraction of sp³-hybridized carbons (Fsp3) is 0.565. The minimum absolute atomic E-state index is 0.0418. The summed E-state index contributed by atoms with van der Waals surface area (Å²) in [6.45, 7) is 12.8. The van der Waals surface area contributed by atoms with Gasteiger partial charge in [0.25, 0.3) is 0 Å². The zero-order valence-electron chi connectivity index (χ0n) is 17.8. The summed E-state index contributed by atoms with van der Waals surface area (Å²) < 4.78 is 8.17. The summed E-state index contributed by atoms with van der Waals surface area (Å²) in [5.41, 5.74) is 4.59. The molecule has 1 aliphatic rings. The Labute approximate surface area is 168 Å². The van der Waals surface area contributed by atoms with E-state index in [1.165, 1.54) is 11.3 Å². The van der Waals surface area contributed by atoms with Crippen molar-refractivity contribution < 1.29 is 9.53 Å². The Morgan fingerprint density at radius 3 is 2.61 bits per heavy atom. The first-order chi connectivity index (χ1) is 13.3. The first-order valence-corrected chi connectivity index (χ1v) is 10.4. The van der Waals surface area contributed by atoms with E-state index < -0.39 is 0 Å². The van der Waals surface area contributed by atoms with Crippen molar-refractivity contribution in [1.29, 1.82) is 0 Å². The van der Waals surface area contributed by atoms with Gasteiger partial charge in [-0.1, -0.05) is 44.2 Å². The molecule has 1 fully saturated rings. The average Bonchev–Trinajstić information content (AvgIpc) is 2.92. The molecule has 0 aliphatic carbocycles. The first kappa shape index (κ1) is 20.6. The van der Waals surface area contributed by atoms with Gasteiger partial charge in [-0.15, -0.1) is 0 Å². The van der Waals surface area contributed by atoms with Crippen molar-refractivity contribution in [1.82, 2.24) is 14.7 Å². The second-order valence-electron chi connectivity index (χ2n) is 8.37. The van der Waals surface area contributed by atoms with E-state index in [0.29, 0.717) is 25.4 Å². The van der Waals surface area contributed by atoms with Crippen LogP contribution in [-0.2, 0) is 22.5 Å². The van der Waals surface area contributed by atoms with Gasteiger partial charge < -0.3 is 9.64 Å². The van der Waals surface area contributed by atoms with Crippen LogP contribution in [-0.4, -0.2) is 39.8 Å². The molecule has 2 heterocycles. The number of nitrogens with zero attached hydrogens (tertiary/aromatic N) is 3. The van der Waals surface area contributed by atoms with E-state index in [2.05, 4.69) is 42.7 Å². The second-order valence-corrected chi connectivity index (χ2v) is 8.37. The monoisotopic (exact) mass is 383 g/mol. The van der Waals surface area contributed by atoms with Crippen molar-refractivity contribution in [2.45, 2.75) is 66.2 Å². The van der Waals surface area contributed by atoms with E-state index in [1.807, 2.05) is 36.9 Å². The van der Waals surface area contributed by atoms with E-state index >= 15 is 0 Å². The Balaban J connectivity index is 1.64. The average molecular weight is 384 g/mol. The summed E-state index contributed by atoms with van der Waals surface area (Å²) in [6.07, 6.45) is 1.26. The van der Waals surface area contributed by atoms with Crippen molar-refractivity contribution in [2.24, 2.45) is 5.92 Å². The maximum absolute atomic E-state index is 12.9. The Morgan fingerprint density at radius 2 is 1.93 bits per heavy atom. The van der Waals surface area contributed by atoms with E-state index in [1.54, 1.807) is 0 Å². The molecule has 152 valence electrons. The molecule has 2 unspecified atom stereocenters. The van der Waals surface area contributed by atoms with Crippen LogP contribution in [0.1, 0.15) is 55.8 Å². The Bertz CT molecular complexity index is 798. The van der Waals surface area contributed by atoms with Crippen molar-refractivity contribution in [2.75, 3.05) is 13.1 Å². The van der Waals surface area contributed by atoms with Crippen LogP contribution in [0.5, 0.6) is 0 Å². The molecule has 0 N–H and O–H groups in total. The quantitative estimate of drug-likeness (QED) is 0.755. The number of carbonyl (C=O) groups excluding carboxylic acids is 1. The SMILES string of the molecule is Cc1nn(CC(C)C)c(C)c1CCC(=O)N1CC(C)OC(c2ccccc2)C1. The predicted molar refractivity (Wildman–Crippen MR) is 111 cm³/mol. The van der Waals surface area contributed by atoms with Gasteiger partial charge in [0.2, 0.25) is 5.91 Å². The van der Waals surface area contributed by atoms with Gasteiger partial charge in [-0.2, -0.15) is 5.10 Å². The molecule has 28 heavy (non-hydrogen) atoms. The molecule has 1 saturated heterocycles. The fourth-order valence-electron chi connectivity index (χ4n) is 4.02. The van der Waals surface area contributed by atoms with E-state index in [9.17, 15) is 4.79 Å². The van der Waals surface area contributed by atoms with Crippen LogP contribution in [0, 0.1) is 19.8 Å². The van der Waals surface area contributed by atoms with Gasteiger partial charge in [-0.05, 0) is 44.2 Å². The van der Waals surface area contributed by atoms with Crippen molar-refractivity contribution in [3.05, 3.63) is 52.8 Å². The molecule has 0 spiro atoms. The molecule has 1 aromatic carbocycles.